The Morgan fingerprint density at radius 2 is 2.06 bits per heavy atom. The van der Waals surface area contributed by atoms with E-state index in [0.717, 1.165) is 36.5 Å². The molecule has 0 saturated carbocycles. The molecule has 2 heterocycles. The van der Waals surface area contributed by atoms with Crippen LogP contribution in [0.5, 0.6) is 0 Å². The first-order valence-corrected chi connectivity index (χ1v) is 6.79. The van der Waals surface area contributed by atoms with E-state index in [1.807, 2.05) is 20.9 Å². The molecule has 100 valence electrons. The van der Waals surface area contributed by atoms with Crippen LogP contribution in [-0.4, -0.2) is 36.5 Å². The van der Waals surface area contributed by atoms with E-state index in [2.05, 4.69) is 15.1 Å². The highest BCUT2D eigenvalue weighted by atomic mass is 35.5. The van der Waals surface area contributed by atoms with Gasteiger partial charge in [-0.05, 0) is 44.2 Å². The fourth-order valence-electron chi connectivity index (χ4n) is 2.27. The van der Waals surface area contributed by atoms with Crippen LogP contribution in [0.4, 0.5) is 5.82 Å². The summed E-state index contributed by atoms with van der Waals surface area (Å²) in [4.78, 5) is 2.11. The van der Waals surface area contributed by atoms with Crippen molar-refractivity contribution in [2.45, 2.75) is 39.2 Å². The molecule has 0 N–H and O–H groups in total. The molecule has 0 aromatic carbocycles. The van der Waals surface area contributed by atoms with Crippen LogP contribution in [0.3, 0.4) is 0 Å². The Bertz CT molecular complexity index is 419. The second kappa shape index (κ2) is 5.85. The van der Waals surface area contributed by atoms with Gasteiger partial charge in [0.1, 0.15) is 0 Å². The van der Waals surface area contributed by atoms with Crippen molar-refractivity contribution in [1.29, 1.82) is 0 Å². The minimum absolute atomic E-state index is 0.306. The van der Waals surface area contributed by atoms with Crippen LogP contribution in [-0.2, 0) is 4.74 Å². The van der Waals surface area contributed by atoms with E-state index in [4.69, 9.17) is 16.3 Å². The first-order valence-electron chi connectivity index (χ1n) is 6.41. The normalized spacial score (nSPS) is 19.9. The molecule has 0 bridgehead atoms. The van der Waals surface area contributed by atoms with Crippen molar-refractivity contribution in [2.75, 3.05) is 25.1 Å². The molecule has 1 aromatic heterocycles. The molecular weight excluding hydrogens is 250 g/mol. The Morgan fingerprint density at radius 1 is 1.28 bits per heavy atom. The summed E-state index contributed by atoms with van der Waals surface area (Å²) in [5, 5.41) is 8.66. The van der Waals surface area contributed by atoms with Crippen LogP contribution < -0.4 is 4.90 Å². The third-order valence-corrected chi connectivity index (χ3v) is 3.91. The Balaban J connectivity index is 2.08. The highest BCUT2D eigenvalue weighted by Crippen LogP contribution is 2.24. The van der Waals surface area contributed by atoms with Crippen LogP contribution in [0.15, 0.2) is 0 Å². The van der Waals surface area contributed by atoms with Gasteiger partial charge >= 0.3 is 0 Å². The number of anilines is 1. The van der Waals surface area contributed by atoms with E-state index in [-0.39, 0.29) is 0 Å². The molecule has 1 unspecified atom stereocenters. The maximum Gasteiger partial charge on any atom is 0.155 e. The third-order valence-electron chi connectivity index (χ3n) is 3.55. The lowest BCUT2D eigenvalue weighted by Crippen LogP contribution is -2.34. The molecule has 1 saturated heterocycles. The van der Waals surface area contributed by atoms with Gasteiger partial charge in [-0.1, -0.05) is 11.6 Å². The largest absolute Gasteiger partial charge is 0.376 e. The first-order chi connectivity index (χ1) is 8.59. The van der Waals surface area contributed by atoms with Gasteiger partial charge in [-0.15, -0.1) is 10.2 Å². The van der Waals surface area contributed by atoms with Gasteiger partial charge in [0.05, 0.1) is 6.10 Å². The maximum atomic E-state index is 5.97. The predicted octanol–water partition coefficient (Wildman–Crippen LogP) is 2.75. The summed E-state index contributed by atoms with van der Waals surface area (Å²) in [6.45, 7) is 5.74. The molecule has 0 aliphatic carbocycles. The molecule has 0 spiro atoms. The topological polar surface area (TPSA) is 38.2 Å². The van der Waals surface area contributed by atoms with Gasteiger partial charge in [-0.25, -0.2) is 0 Å². The highest BCUT2D eigenvalue weighted by Gasteiger charge is 2.19. The van der Waals surface area contributed by atoms with E-state index >= 15 is 0 Å². The first kappa shape index (κ1) is 13.6. The lowest BCUT2D eigenvalue weighted by atomic mass is 10.1. The molecule has 1 aliphatic heterocycles. The third kappa shape index (κ3) is 2.93. The van der Waals surface area contributed by atoms with E-state index < -0.39 is 0 Å². The number of rotatable bonds is 3. The van der Waals surface area contributed by atoms with Crippen molar-refractivity contribution in [1.82, 2.24) is 10.2 Å². The van der Waals surface area contributed by atoms with Gasteiger partial charge in [0.15, 0.2) is 11.0 Å². The van der Waals surface area contributed by atoms with Crippen molar-refractivity contribution in [3.63, 3.8) is 0 Å². The van der Waals surface area contributed by atoms with Gasteiger partial charge in [-0.3, -0.25) is 0 Å². The van der Waals surface area contributed by atoms with Gasteiger partial charge < -0.3 is 9.64 Å². The summed E-state index contributed by atoms with van der Waals surface area (Å²) in [7, 11) is 2.03. The number of hydrogen-bond acceptors (Lipinski definition) is 4. The number of aromatic nitrogens is 2. The quantitative estimate of drug-likeness (QED) is 0.846. The minimum atomic E-state index is 0.306. The zero-order valence-electron chi connectivity index (χ0n) is 11.2. The minimum Gasteiger partial charge on any atom is -0.376 e. The van der Waals surface area contributed by atoms with E-state index in [9.17, 15) is 0 Å². The average molecular weight is 270 g/mol. The summed E-state index contributed by atoms with van der Waals surface area (Å²) >= 11 is 5.97. The number of likely N-dealkylation sites (N-methyl/N-ethyl adjacent to an activating group) is 1. The van der Waals surface area contributed by atoms with Crippen LogP contribution in [0, 0.1) is 13.8 Å². The average Bonchev–Trinajstić information content (AvgIpc) is 2.37. The van der Waals surface area contributed by atoms with Gasteiger partial charge in [0, 0.05) is 20.2 Å². The molecule has 1 fully saturated rings. The lowest BCUT2D eigenvalue weighted by Gasteiger charge is -2.28. The van der Waals surface area contributed by atoms with Crippen molar-refractivity contribution < 1.29 is 4.74 Å². The molecule has 18 heavy (non-hydrogen) atoms. The zero-order chi connectivity index (χ0) is 13.1. The molecule has 0 amide bonds. The van der Waals surface area contributed by atoms with Crippen LogP contribution in [0.1, 0.15) is 30.4 Å². The fourth-order valence-corrected chi connectivity index (χ4v) is 2.45. The summed E-state index contributed by atoms with van der Waals surface area (Å²) in [5.74, 6) is 0.895. The zero-order valence-corrected chi connectivity index (χ0v) is 12.0. The fraction of sp³-hybridized carbons (Fsp3) is 0.692. The van der Waals surface area contributed by atoms with Crippen LogP contribution in [0.25, 0.3) is 0 Å². The molecule has 0 radical (unpaired) electrons. The number of nitrogens with zero attached hydrogens (tertiary/aromatic N) is 3. The monoisotopic (exact) mass is 269 g/mol. The Kier molecular flexibility index (Phi) is 4.40. The second-order valence-electron chi connectivity index (χ2n) is 4.93. The number of ether oxygens (including phenoxy) is 1. The maximum absolute atomic E-state index is 5.97. The molecule has 2 rings (SSSR count). The summed E-state index contributed by atoms with van der Waals surface area (Å²) in [6.07, 6.45) is 3.87. The molecule has 1 atom stereocenters. The van der Waals surface area contributed by atoms with Crippen LogP contribution in [0.2, 0.25) is 5.15 Å². The second-order valence-corrected chi connectivity index (χ2v) is 5.29. The summed E-state index contributed by atoms with van der Waals surface area (Å²) in [6, 6.07) is 0. The lowest BCUT2D eigenvalue weighted by molar-refractivity contribution is 0.0215. The standard InChI is InChI=1S/C13H20ClN3O/c1-9-10(2)13(16-15-12(9)14)17(3)8-11-6-4-5-7-18-11/h11H,4-8H2,1-3H3. The van der Waals surface area contributed by atoms with Gasteiger partial charge in [0.25, 0.3) is 0 Å². The van der Waals surface area contributed by atoms with E-state index in [1.54, 1.807) is 0 Å². The van der Waals surface area contributed by atoms with Crippen molar-refractivity contribution in [2.24, 2.45) is 0 Å². The number of hydrogen-bond donors (Lipinski definition) is 0. The predicted molar refractivity (Wildman–Crippen MR) is 73.4 cm³/mol. The van der Waals surface area contributed by atoms with Gasteiger partial charge in [-0.2, -0.15) is 0 Å². The Hall–Kier alpha value is -0.870. The van der Waals surface area contributed by atoms with E-state index in [1.165, 1.54) is 12.8 Å². The highest BCUT2D eigenvalue weighted by molar-refractivity contribution is 6.30. The van der Waals surface area contributed by atoms with E-state index in [0.29, 0.717) is 11.3 Å². The molecule has 1 aliphatic rings. The van der Waals surface area contributed by atoms with Crippen molar-refractivity contribution in [3.05, 3.63) is 16.3 Å². The molecule has 4 nitrogen and oxygen atoms in total. The number of halogens is 1. The smallest absolute Gasteiger partial charge is 0.155 e. The van der Waals surface area contributed by atoms with Crippen molar-refractivity contribution in [3.8, 4) is 0 Å². The van der Waals surface area contributed by atoms with Crippen LogP contribution >= 0.6 is 11.6 Å². The molecule has 1 aromatic rings. The Morgan fingerprint density at radius 3 is 2.72 bits per heavy atom. The summed E-state index contributed by atoms with van der Waals surface area (Å²) < 4.78 is 5.75. The SMILES string of the molecule is Cc1c(Cl)nnc(N(C)CC2CCCCO2)c1C. The Labute approximate surface area is 113 Å². The van der Waals surface area contributed by atoms with Crippen molar-refractivity contribution >= 4 is 17.4 Å². The molecule has 5 heteroatoms. The molecular formula is C13H20ClN3O. The van der Waals surface area contributed by atoms with Gasteiger partial charge in [0.2, 0.25) is 0 Å². The summed E-state index contributed by atoms with van der Waals surface area (Å²) in [5.41, 5.74) is 2.09.